The zero-order valence-corrected chi connectivity index (χ0v) is 35.2. The van der Waals surface area contributed by atoms with Crippen LogP contribution in [0.3, 0.4) is 0 Å². The molecule has 4 N–H and O–H groups in total. The lowest BCUT2D eigenvalue weighted by Crippen LogP contribution is -2.36. The molecule has 2 atom stereocenters. The largest absolute Gasteiger partial charge is 0.484 e. The van der Waals surface area contributed by atoms with Crippen LogP contribution in [0.25, 0.3) is 11.3 Å². The number of ether oxygens (including phenoxy) is 4. The number of carbonyl (C=O) groups is 2. The average Bonchev–Trinajstić information content (AvgIpc) is 4.06. The molecule has 18 nitrogen and oxygen atoms in total. The van der Waals surface area contributed by atoms with Crippen molar-refractivity contribution in [2.45, 2.75) is 51.7 Å². The van der Waals surface area contributed by atoms with Crippen LogP contribution in [0.2, 0.25) is 0 Å². The van der Waals surface area contributed by atoms with Crippen LogP contribution in [0.15, 0.2) is 61.4 Å². The number of hydrogen-bond acceptors (Lipinski definition) is 14. The third-order valence-electron chi connectivity index (χ3n) is 11.5. The van der Waals surface area contributed by atoms with Gasteiger partial charge in [0.15, 0.2) is 11.3 Å². The molecule has 4 aromatic heterocycles. The minimum Gasteiger partial charge on any atom is -0.484 e. The van der Waals surface area contributed by atoms with Gasteiger partial charge in [-0.25, -0.2) is 19.0 Å². The van der Waals surface area contributed by atoms with E-state index in [0.29, 0.717) is 73.1 Å². The van der Waals surface area contributed by atoms with E-state index in [2.05, 4.69) is 40.6 Å². The van der Waals surface area contributed by atoms with Gasteiger partial charge >= 0.3 is 0 Å². The quantitative estimate of drug-likeness (QED) is 0.173. The summed E-state index contributed by atoms with van der Waals surface area (Å²) in [7, 11) is 0. The molecule has 0 spiro atoms. The van der Waals surface area contributed by atoms with Crippen LogP contribution in [0.5, 0.6) is 11.5 Å². The van der Waals surface area contributed by atoms with Crippen molar-refractivity contribution in [1.29, 1.82) is 0 Å². The van der Waals surface area contributed by atoms with Gasteiger partial charge in [-0.1, -0.05) is 0 Å². The van der Waals surface area contributed by atoms with Crippen LogP contribution in [0.1, 0.15) is 56.8 Å². The zero-order valence-electron chi connectivity index (χ0n) is 35.2. The number of anilines is 4. The third-order valence-corrected chi connectivity index (χ3v) is 11.5. The van der Waals surface area contributed by atoms with Gasteiger partial charge in [-0.2, -0.15) is 10.2 Å². The number of hydrogen-bond donors (Lipinski definition) is 4. The molecule has 2 fully saturated rings. The number of nitrogens with one attached hydrogen (secondary N) is 2. The van der Waals surface area contributed by atoms with Crippen LogP contribution in [-0.2, 0) is 22.3 Å². The molecule has 2 saturated heterocycles. The van der Waals surface area contributed by atoms with E-state index in [0.717, 1.165) is 71.3 Å². The second-order valence-corrected chi connectivity index (χ2v) is 16.8. The molecule has 2 aromatic carbocycles. The van der Waals surface area contributed by atoms with E-state index < -0.39 is 11.2 Å². The number of benzene rings is 2. The van der Waals surface area contributed by atoms with Crippen molar-refractivity contribution in [3.8, 4) is 11.5 Å². The summed E-state index contributed by atoms with van der Waals surface area (Å²) < 4.78 is 26.3. The summed E-state index contributed by atoms with van der Waals surface area (Å²) in [5, 5.41) is 34.1. The van der Waals surface area contributed by atoms with Gasteiger partial charge in [-0.05, 0) is 51.0 Å². The Morgan fingerprint density at radius 3 is 1.44 bits per heavy atom. The molecule has 4 aliphatic rings. The van der Waals surface area contributed by atoms with E-state index in [-0.39, 0.29) is 25.0 Å². The Morgan fingerprint density at radius 1 is 0.645 bits per heavy atom. The minimum absolute atomic E-state index is 0.0796. The van der Waals surface area contributed by atoms with Crippen LogP contribution < -0.4 is 29.9 Å². The molecular weight excluding hydrogens is 797 g/mol. The van der Waals surface area contributed by atoms with Crippen molar-refractivity contribution < 1.29 is 38.7 Å². The van der Waals surface area contributed by atoms with Gasteiger partial charge in [0.2, 0.25) is 0 Å². The number of amides is 2. The van der Waals surface area contributed by atoms with Gasteiger partial charge in [0.05, 0.1) is 74.8 Å². The number of aliphatic hydroxyl groups excluding tert-OH is 2. The van der Waals surface area contributed by atoms with Crippen LogP contribution in [-0.4, -0.2) is 128 Å². The Labute approximate surface area is 357 Å². The van der Waals surface area contributed by atoms with E-state index in [1.807, 2.05) is 64.4 Å². The Hall–Kier alpha value is -6.34. The zero-order chi connectivity index (χ0) is 43.2. The number of aromatic nitrogens is 6. The Morgan fingerprint density at radius 2 is 1.05 bits per heavy atom. The van der Waals surface area contributed by atoms with Gasteiger partial charge in [-0.3, -0.25) is 9.59 Å². The molecule has 8 heterocycles. The first-order valence-electron chi connectivity index (χ1n) is 20.7. The maximum absolute atomic E-state index is 13.2. The number of aliphatic hydroxyl groups is 2. The molecule has 2 amide bonds. The van der Waals surface area contributed by atoms with Crippen LogP contribution >= 0.6 is 0 Å². The van der Waals surface area contributed by atoms with E-state index >= 15 is 0 Å². The molecule has 10 rings (SSSR count). The molecule has 4 aliphatic heterocycles. The second-order valence-electron chi connectivity index (χ2n) is 16.8. The average molecular weight is 847 g/mol. The number of fused-ring (bicyclic) bond motifs is 4. The number of rotatable bonds is 8. The summed E-state index contributed by atoms with van der Waals surface area (Å²) in [5.74, 6) is 0.933. The molecule has 0 saturated carbocycles. The fraction of sp³-hybridized carbons (Fsp3) is 0.409. The molecular formula is C44H50N10O8. The molecule has 0 unspecified atom stereocenters. The van der Waals surface area contributed by atoms with E-state index in [9.17, 15) is 19.8 Å². The van der Waals surface area contributed by atoms with Gasteiger partial charge in [0.25, 0.3) is 11.8 Å². The lowest BCUT2D eigenvalue weighted by atomic mass is 9.99. The normalized spacial score (nSPS) is 20.5. The predicted molar refractivity (Wildman–Crippen MR) is 230 cm³/mol. The molecule has 6 aromatic rings. The summed E-state index contributed by atoms with van der Waals surface area (Å²) in [5.41, 5.74) is 7.49. The Balaban J connectivity index is 0.000000158. The smallest absolute Gasteiger partial charge is 0.261 e. The van der Waals surface area contributed by atoms with Crippen molar-refractivity contribution >= 4 is 45.9 Å². The SMILES string of the molecule is Cc1cnc2c(C(=O)Nc3cc4c(cc3N3CCOCC3)O[C@@](C)(CO)C4)cnn2c1.Cc1cnc2c(C(=O)Nc3cc4c(cc3N3CCOCC3)O[C@](C)(CO)C4)cnn2c1. The lowest BCUT2D eigenvalue weighted by molar-refractivity contribution is 0.0446. The minimum atomic E-state index is -0.655. The highest BCUT2D eigenvalue weighted by atomic mass is 16.5. The second kappa shape index (κ2) is 16.5. The molecule has 18 heteroatoms. The first kappa shape index (κ1) is 41.0. The van der Waals surface area contributed by atoms with E-state index in [4.69, 9.17) is 18.9 Å². The fourth-order valence-corrected chi connectivity index (χ4v) is 8.25. The number of carbonyl (C=O) groups excluding carboxylic acids is 2. The number of morpholine rings is 2. The van der Waals surface area contributed by atoms with Crippen molar-refractivity contribution in [2.75, 3.05) is 86.3 Å². The highest BCUT2D eigenvalue weighted by molar-refractivity contribution is 6.10. The maximum atomic E-state index is 13.2. The monoisotopic (exact) mass is 846 g/mol. The number of aryl methyl sites for hydroxylation is 2. The highest BCUT2D eigenvalue weighted by Gasteiger charge is 2.37. The van der Waals surface area contributed by atoms with Crippen molar-refractivity contribution in [3.63, 3.8) is 0 Å². The Kier molecular flexibility index (Phi) is 10.9. The summed E-state index contributed by atoms with van der Waals surface area (Å²) in [6.45, 7) is 12.8. The topological polar surface area (TPSA) is 202 Å². The van der Waals surface area contributed by atoms with Crippen molar-refractivity contribution in [3.05, 3.63) is 94.8 Å². The Bertz CT molecular complexity index is 2490. The lowest BCUT2D eigenvalue weighted by Gasteiger charge is -2.31. The van der Waals surface area contributed by atoms with Gasteiger partial charge in [0, 0.05) is 87.1 Å². The first-order chi connectivity index (χ1) is 29.9. The summed E-state index contributed by atoms with van der Waals surface area (Å²) in [6.07, 6.45) is 11.3. The van der Waals surface area contributed by atoms with Gasteiger partial charge in [0.1, 0.15) is 33.8 Å². The summed E-state index contributed by atoms with van der Waals surface area (Å²) in [6, 6.07) is 7.80. The van der Waals surface area contributed by atoms with Gasteiger partial charge < -0.3 is 49.6 Å². The molecule has 324 valence electrons. The predicted octanol–water partition coefficient (Wildman–Crippen LogP) is 3.63. The standard InChI is InChI=1S/2C22H25N5O4/c2*1-14-10-23-20-16(11-24-27(20)12-14)21(29)25-17-7-15-9-22(2,13-28)31-19(15)8-18(17)26-3-5-30-6-4-26/h2*7-8,10-12,28H,3-6,9,13H2,1-2H3,(H,25,29)/t2*22-/m10/s1. The summed E-state index contributed by atoms with van der Waals surface area (Å²) in [4.78, 5) is 39.4. The van der Waals surface area contributed by atoms with Gasteiger partial charge in [-0.15, -0.1) is 0 Å². The molecule has 0 aliphatic carbocycles. The van der Waals surface area contributed by atoms with Crippen LogP contribution in [0.4, 0.5) is 22.7 Å². The van der Waals surface area contributed by atoms with Crippen molar-refractivity contribution in [2.24, 2.45) is 0 Å². The number of nitrogens with zero attached hydrogens (tertiary/aromatic N) is 8. The molecule has 0 bridgehead atoms. The first-order valence-corrected chi connectivity index (χ1v) is 20.7. The maximum Gasteiger partial charge on any atom is 0.261 e. The summed E-state index contributed by atoms with van der Waals surface area (Å²) >= 11 is 0. The molecule has 0 radical (unpaired) electrons. The van der Waals surface area contributed by atoms with E-state index in [1.165, 1.54) is 12.4 Å². The van der Waals surface area contributed by atoms with E-state index in [1.54, 1.807) is 21.4 Å². The highest BCUT2D eigenvalue weighted by Crippen LogP contribution is 2.43. The molecule has 62 heavy (non-hydrogen) atoms. The van der Waals surface area contributed by atoms with Crippen molar-refractivity contribution in [1.82, 2.24) is 29.2 Å². The fourth-order valence-electron chi connectivity index (χ4n) is 8.25. The van der Waals surface area contributed by atoms with Crippen LogP contribution in [0, 0.1) is 13.8 Å². The third kappa shape index (κ3) is 8.09.